The Morgan fingerprint density at radius 2 is 2.00 bits per heavy atom. The van der Waals surface area contributed by atoms with Gasteiger partial charge in [-0.05, 0) is 44.9 Å². The van der Waals surface area contributed by atoms with Gasteiger partial charge in [-0.25, -0.2) is 9.48 Å². The number of aromatic nitrogens is 2. The number of anilines is 1. The molecule has 1 aromatic carbocycles. The number of hydrogen-bond acceptors (Lipinski definition) is 3. The van der Waals surface area contributed by atoms with Crippen molar-refractivity contribution >= 4 is 11.7 Å². The van der Waals surface area contributed by atoms with Gasteiger partial charge in [-0.15, -0.1) is 0 Å². The van der Waals surface area contributed by atoms with Gasteiger partial charge in [-0.1, -0.05) is 25.0 Å². The van der Waals surface area contributed by atoms with E-state index in [1.54, 1.807) is 0 Å². The number of carbonyl (C=O) groups is 1. The van der Waals surface area contributed by atoms with Crippen molar-refractivity contribution in [2.45, 2.75) is 45.1 Å². The third-order valence-electron chi connectivity index (χ3n) is 4.50. The van der Waals surface area contributed by atoms with Gasteiger partial charge in [0.25, 0.3) is 0 Å². The van der Waals surface area contributed by atoms with Crippen LogP contribution in [0.3, 0.4) is 0 Å². The minimum atomic E-state index is -0.757. The number of urea groups is 1. The van der Waals surface area contributed by atoms with Crippen LogP contribution in [0.4, 0.5) is 10.5 Å². The first-order chi connectivity index (χ1) is 11.5. The lowest BCUT2D eigenvalue weighted by Gasteiger charge is -2.22. The lowest BCUT2D eigenvalue weighted by atomic mass is 10.0. The topological polar surface area (TPSA) is 79.2 Å². The highest BCUT2D eigenvalue weighted by atomic mass is 16.3. The monoisotopic (exact) mass is 328 g/mol. The normalized spacial score (nSPS) is 16.1. The van der Waals surface area contributed by atoms with Crippen LogP contribution in [0.1, 0.15) is 37.1 Å². The van der Waals surface area contributed by atoms with Crippen molar-refractivity contribution in [2.24, 2.45) is 0 Å². The summed E-state index contributed by atoms with van der Waals surface area (Å²) >= 11 is 0. The fourth-order valence-electron chi connectivity index (χ4n) is 3.26. The zero-order valence-corrected chi connectivity index (χ0v) is 14.2. The molecule has 1 heterocycles. The molecule has 6 heteroatoms. The number of carbonyl (C=O) groups excluding carboxylic acids is 1. The average Bonchev–Trinajstić information content (AvgIpc) is 3.12. The second-order valence-corrected chi connectivity index (χ2v) is 6.60. The molecule has 3 rings (SSSR count). The summed E-state index contributed by atoms with van der Waals surface area (Å²) in [4.78, 5) is 12.2. The predicted molar refractivity (Wildman–Crippen MR) is 93.5 cm³/mol. The molecule has 1 aromatic heterocycles. The van der Waals surface area contributed by atoms with E-state index in [2.05, 4.69) is 15.7 Å². The van der Waals surface area contributed by atoms with E-state index in [1.807, 2.05) is 48.9 Å². The summed E-state index contributed by atoms with van der Waals surface area (Å²) in [5, 5.41) is 20.4. The molecule has 0 aliphatic heterocycles. The van der Waals surface area contributed by atoms with E-state index in [9.17, 15) is 9.90 Å². The van der Waals surface area contributed by atoms with Gasteiger partial charge < -0.3 is 15.7 Å². The zero-order chi connectivity index (χ0) is 17.2. The summed E-state index contributed by atoms with van der Waals surface area (Å²) in [5.74, 6) is 0. The van der Waals surface area contributed by atoms with Crippen LogP contribution in [0.2, 0.25) is 0 Å². The highest BCUT2D eigenvalue weighted by molar-refractivity contribution is 5.91. The number of benzene rings is 1. The van der Waals surface area contributed by atoms with E-state index >= 15 is 0 Å². The molecular formula is C18H24N4O2. The quantitative estimate of drug-likeness (QED) is 0.807. The van der Waals surface area contributed by atoms with E-state index in [0.717, 1.165) is 42.8 Å². The Balaban J connectivity index is 1.71. The van der Waals surface area contributed by atoms with Gasteiger partial charge >= 0.3 is 6.03 Å². The van der Waals surface area contributed by atoms with Gasteiger partial charge in [-0.2, -0.15) is 5.10 Å². The lowest BCUT2D eigenvalue weighted by molar-refractivity contribution is 0.0506. The number of nitrogens with zero attached hydrogens (tertiary/aromatic N) is 2. The van der Waals surface area contributed by atoms with Crippen LogP contribution < -0.4 is 10.6 Å². The Kier molecular flexibility index (Phi) is 4.57. The summed E-state index contributed by atoms with van der Waals surface area (Å²) in [6.07, 6.45) is 3.52. The summed E-state index contributed by atoms with van der Waals surface area (Å²) in [6, 6.07) is 9.22. The number of nitrogens with one attached hydrogen (secondary N) is 2. The van der Waals surface area contributed by atoms with Crippen molar-refractivity contribution in [1.29, 1.82) is 0 Å². The maximum absolute atomic E-state index is 12.2. The van der Waals surface area contributed by atoms with Crippen LogP contribution in [-0.4, -0.2) is 33.1 Å². The zero-order valence-electron chi connectivity index (χ0n) is 14.2. The molecule has 0 unspecified atom stereocenters. The van der Waals surface area contributed by atoms with Crippen LogP contribution in [0.5, 0.6) is 0 Å². The number of para-hydroxylation sites is 2. The summed E-state index contributed by atoms with van der Waals surface area (Å²) in [6.45, 7) is 4.20. The molecule has 128 valence electrons. The molecule has 2 aromatic rings. The molecule has 1 aliphatic rings. The molecule has 1 aliphatic carbocycles. The molecule has 0 saturated heterocycles. The number of hydrogen-bond donors (Lipinski definition) is 3. The SMILES string of the molecule is Cc1cc(C)n(-c2ccccc2NC(=O)NCC2(O)CCCC2)n1. The largest absolute Gasteiger partial charge is 0.388 e. The Morgan fingerprint density at radius 3 is 2.67 bits per heavy atom. The van der Waals surface area contributed by atoms with Crippen molar-refractivity contribution in [3.8, 4) is 5.69 Å². The average molecular weight is 328 g/mol. The standard InChI is InChI=1S/C18H24N4O2/c1-13-11-14(2)22(21-13)16-8-4-3-7-15(16)20-17(23)19-12-18(24)9-5-6-10-18/h3-4,7-8,11,24H,5-6,9-10,12H2,1-2H3,(H2,19,20,23). The van der Waals surface area contributed by atoms with Crippen LogP contribution >= 0.6 is 0 Å². The Hall–Kier alpha value is -2.34. The van der Waals surface area contributed by atoms with Crippen molar-refractivity contribution in [2.75, 3.05) is 11.9 Å². The highest BCUT2D eigenvalue weighted by Crippen LogP contribution is 2.28. The smallest absolute Gasteiger partial charge is 0.319 e. The molecule has 0 spiro atoms. The molecule has 0 atom stereocenters. The third-order valence-corrected chi connectivity index (χ3v) is 4.50. The molecule has 2 amide bonds. The highest BCUT2D eigenvalue weighted by Gasteiger charge is 2.31. The van der Waals surface area contributed by atoms with Crippen LogP contribution in [-0.2, 0) is 0 Å². The number of aliphatic hydroxyl groups is 1. The van der Waals surface area contributed by atoms with Crippen LogP contribution in [0, 0.1) is 13.8 Å². The minimum Gasteiger partial charge on any atom is -0.388 e. The van der Waals surface area contributed by atoms with E-state index in [0.29, 0.717) is 5.69 Å². The van der Waals surface area contributed by atoms with Gasteiger partial charge in [0, 0.05) is 12.2 Å². The Morgan fingerprint density at radius 1 is 1.29 bits per heavy atom. The molecule has 3 N–H and O–H groups in total. The van der Waals surface area contributed by atoms with Crippen LogP contribution in [0.25, 0.3) is 5.69 Å². The number of aryl methyl sites for hydroxylation is 2. The molecule has 24 heavy (non-hydrogen) atoms. The number of amides is 2. The second-order valence-electron chi connectivity index (χ2n) is 6.60. The summed E-state index contributed by atoms with van der Waals surface area (Å²) < 4.78 is 1.81. The van der Waals surface area contributed by atoms with E-state index in [1.165, 1.54) is 0 Å². The number of rotatable bonds is 4. The van der Waals surface area contributed by atoms with Gasteiger partial charge in [0.05, 0.1) is 22.7 Å². The summed E-state index contributed by atoms with van der Waals surface area (Å²) in [5.41, 5.74) is 2.67. The fourth-order valence-corrected chi connectivity index (χ4v) is 3.26. The molecular weight excluding hydrogens is 304 g/mol. The third kappa shape index (κ3) is 3.59. The Labute approximate surface area is 141 Å². The van der Waals surface area contributed by atoms with Gasteiger partial charge in [0.1, 0.15) is 0 Å². The van der Waals surface area contributed by atoms with Gasteiger partial charge in [0.15, 0.2) is 0 Å². The molecule has 1 saturated carbocycles. The summed E-state index contributed by atoms with van der Waals surface area (Å²) in [7, 11) is 0. The predicted octanol–water partition coefficient (Wildman–Crippen LogP) is 2.92. The van der Waals surface area contributed by atoms with E-state index in [4.69, 9.17) is 0 Å². The van der Waals surface area contributed by atoms with Crippen LogP contribution in [0.15, 0.2) is 30.3 Å². The first-order valence-corrected chi connectivity index (χ1v) is 8.37. The Bertz CT molecular complexity index is 732. The molecule has 0 bridgehead atoms. The van der Waals surface area contributed by atoms with Gasteiger partial charge in [0.2, 0.25) is 0 Å². The fraction of sp³-hybridized carbons (Fsp3) is 0.444. The molecule has 0 radical (unpaired) electrons. The van der Waals surface area contributed by atoms with Crippen molar-refractivity contribution in [1.82, 2.24) is 15.1 Å². The first-order valence-electron chi connectivity index (χ1n) is 8.37. The van der Waals surface area contributed by atoms with E-state index in [-0.39, 0.29) is 12.6 Å². The lowest BCUT2D eigenvalue weighted by Crippen LogP contribution is -2.42. The molecule has 6 nitrogen and oxygen atoms in total. The minimum absolute atomic E-state index is 0.279. The maximum atomic E-state index is 12.2. The van der Waals surface area contributed by atoms with E-state index < -0.39 is 5.60 Å². The second kappa shape index (κ2) is 6.65. The maximum Gasteiger partial charge on any atom is 0.319 e. The van der Waals surface area contributed by atoms with Crippen molar-refractivity contribution < 1.29 is 9.90 Å². The van der Waals surface area contributed by atoms with Gasteiger partial charge in [-0.3, -0.25) is 0 Å². The van der Waals surface area contributed by atoms with Crippen molar-refractivity contribution in [3.05, 3.63) is 41.7 Å². The van der Waals surface area contributed by atoms with Crippen molar-refractivity contribution in [3.63, 3.8) is 0 Å². The first kappa shape index (κ1) is 16.5. The molecule has 1 fully saturated rings.